The summed E-state index contributed by atoms with van der Waals surface area (Å²) in [5.41, 5.74) is 7.79. The van der Waals surface area contributed by atoms with Gasteiger partial charge in [0.25, 0.3) is 0 Å². The number of amides is 1. The first kappa shape index (κ1) is 14.3. The highest BCUT2D eigenvalue weighted by Crippen LogP contribution is 2.08. The summed E-state index contributed by atoms with van der Waals surface area (Å²) in [5, 5.41) is 6.89. The highest BCUT2D eigenvalue weighted by Gasteiger charge is 2.14. The van der Waals surface area contributed by atoms with Crippen molar-refractivity contribution < 1.29 is 4.79 Å². The zero-order valence-corrected chi connectivity index (χ0v) is 11.6. The molecule has 1 amide bonds. The summed E-state index contributed by atoms with van der Waals surface area (Å²) < 4.78 is 1.76. The van der Waals surface area contributed by atoms with Crippen molar-refractivity contribution in [3.05, 3.63) is 48.3 Å². The average molecular weight is 272 g/mol. The SMILES string of the molecule is CCn1cc(NC(=O)[C@@H](N)CCc2ccccc2)cn1. The fourth-order valence-electron chi connectivity index (χ4n) is 1.93. The molecule has 0 fully saturated rings. The first-order chi connectivity index (χ1) is 9.69. The second-order valence-corrected chi connectivity index (χ2v) is 4.70. The summed E-state index contributed by atoms with van der Waals surface area (Å²) in [6.45, 7) is 2.76. The Labute approximate surface area is 118 Å². The second-order valence-electron chi connectivity index (χ2n) is 4.70. The van der Waals surface area contributed by atoms with Crippen molar-refractivity contribution in [3.63, 3.8) is 0 Å². The van der Waals surface area contributed by atoms with E-state index in [2.05, 4.69) is 10.4 Å². The number of aromatic nitrogens is 2. The number of rotatable bonds is 6. The smallest absolute Gasteiger partial charge is 0.241 e. The molecule has 106 valence electrons. The van der Waals surface area contributed by atoms with Crippen molar-refractivity contribution in [2.75, 3.05) is 5.32 Å². The molecular weight excluding hydrogens is 252 g/mol. The van der Waals surface area contributed by atoms with E-state index in [0.29, 0.717) is 12.1 Å². The van der Waals surface area contributed by atoms with Crippen LogP contribution in [0.1, 0.15) is 18.9 Å². The Morgan fingerprint density at radius 3 is 2.80 bits per heavy atom. The van der Waals surface area contributed by atoms with Crippen molar-refractivity contribution in [2.24, 2.45) is 5.73 Å². The normalized spacial score (nSPS) is 12.1. The van der Waals surface area contributed by atoms with E-state index in [9.17, 15) is 4.79 Å². The Kier molecular flexibility index (Phi) is 4.90. The lowest BCUT2D eigenvalue weighted by Gasteiger charge is -2.11. The quantitative estimate of drug-likeness (QED) is 0.842. The van der Waals surface area contributed by atoms with Gasteiger partial charge in [-0.25, -0.2) is 0 Å². The van der Waals surface area contributed by atoms with Crippen LogP contribution in [0.3, 0.4) is 0 Å². The van der Waals surface area contributed by atoms with Crippen LogP contribution in [0.4, 0.5) is 5.69 Å². The molecule has 5 nitrogen and oxygen atoms in total. The Balaban J connectivity index is 1.82. The van der Waals surface area contributed by atoms with Crippen LogP contribution in [0.5, 0.6) is 0 Å². The second kappa shape index (κ2) is 6.86. The van der Waals surface area contributed by atoms with Gasteiger partial charge in [0, 0.05) is 12.7 Å². The van der Waals surface area contributed by atoms with Crippen LogP contribution in [-0.4, -0.2) is 21.7 Å². The third-order valence-electron chi connectivity index (χ3n) is 3.15. The lowest BCUT2D eigenvalue weighted by molar-refractivity contribution is -0.117. The van der Waals surface area contributed by atoms with Gasteiger partial charge in [-0.3, -0.25) is 9.48 Å². The monoisotopic (exact) mass is 272 g/mol. The third kappa shape index (κ3) is 3.93. The van der Waals surface area contributed by atoms with Crippen LogP contribution in [0.2, 0.25) is 0 Å². The van der Waals surface area contributed by atoms with Crippen LogP contribution in [0, 0.1) is 0 Å². The van der Waals surface area contributed by atoms with Gasteiger partial charge in [0.2, 0.25) is 5.91 Å². The third-order valence-corrected chi connectivity index (χ3v) is 3.15. The molecule has 0 aliphatic heterocycles. The molecule has 0 saturated carbocycles. The lowest BCUT2D eigenvalue weighted by Crippen LogP contribution is -2.35. The molecule has 0 saturated heterocycles. The molecule has 0 radical (unpaired) electrons. The molecule has 0 bridgehead atoms. The Morgan fingerprint density at radius 2 is 2.15 bits per heavy atom. The molecule has 3 N–H and O–H groups in total. The topological polar surface area (TPSA) is 72.9 Å². The van der Waals surface area contributed by atoms with E-state index in [4.69, 9.17) is 5.73 Å². The van der Waals surface area contributed by atoms with Gasteiger partial charge in [0.1, 0.15) is 0 Å². The van der Waals surface area contributed by atoms with Gasteiger partial charge in [-0.05, 0) is 25.3 Å². The molecule has 1 heterocycles. The number of anilines is 1. The number of nitrogens with one attached hydrogen (secondary N) is 1. The zero-order valence-electron chi connectivity index (χ0n) is 11.6. The van der Waals surface area contributed by atoms with Gasteiger partial charge in [0.05, 0.1) is 17.9 Å². The molecule has 0 unspecified atom stereocenters. The number of nitrogens with zero attached hydrogens (tertiary/aromatic N) is 2. The standard InChI is InChI=1S/C15H20N4O/c1-2-19-11-13(10-17-19)18-15(20)14(16)9-8-12-6-4-3-5-7-12/h3-7,10-11,14H,2,8-9,16H2,1H3,(H,18,20)/t14-/m0/s1. The van der Waals surface area contributed by atoms with Crippen molar-refractivity contribution in [3.8, 4) is 0 Å². The van der Waals surface area contributed by atoms with Crippen LogP contribution in [0.15, 0.2) is 42.7 Å². The molecule has 0 aliphatic rings. The van der Waals surface area contributed by atoms with Crippen LogP contribution >= 0.6 is 0 Å². The van der Waals surface area contributed by atoms with Crippen LogP contribution in [-0.2, 0) is 17.8 Å². The molecule has 2 rings (SSSR count). The summed E-state index contributed by atoms with van der Waals surface area (Å²) in [6, 6.07) is 9.51. The minimum atomic E-state index is -0.514. The van der Waals surface area contributed by atoms with E-state index < -0.39 is 6.04 Å². The van der Waals surface area contributed by atoms with Crippen LogP contribution < -0.4 is 11.1 Å². The number of carbonyl (C=O) groups excluding carboxylic acids is 1. The molecule has 5 heteroatoms. The highest BCUT2D eigenvalue weighted by molar-refractivity contribution is 5.94. The fraction of sp³-hybridized carbons (Fsp3) is 0.333. The van der Waals surface area contributed by atoms with Crippen molar-refractivity contribution >= 4 is 11.6 Å². The predicted molar refractivity (Wildman–Crippen MR) is 79.3 cm³/mol. The number of hydrogen-bond donors (Lipinski definition) is 2. The van der Waals surface area contributed by atoms with Gasteiger partial charge in [0.15, 0.2) is 0 Å². The van der Waals surface area contributed by atoms with E-state index in [-0.39, 0.29) is 5.91 Å². The van der Waals surface area contributed by atoms with Crippen LogP contribution in [0.25, 0.3) is 0 Å². The maximum atomic E-state index is 12.0. The van der Waals surface area contributed by atoms with E-state index in [1.165, 1.54) is 5.56 Å². The van der Waals surface area contributed by atoms with Crippen molar-refractivity contribution in [1.82, 2.24) is 9.78 Å². The molecule has 1 aromatic carbocycles. The Bertz CT molecular complexity index is 550. The number of nitrogens with two attached hydrogens (primary N) is 1. The molecule has 0 spiro atoms. The summed E-state index contributed by atoms with van der Waals surface area (Å²) in [6.07, 6.45) is 4.84. The minimum Gasteiger partial charge on any atom is -0.322 e. The first-order valence-electron chi connectivity index (χ1n) is 6.82. The van der Waals surface area contributed by atoms with Gasteiger partial charge < -0.3 is 11.1 Å². The van der Waals surface area contributed by atoms with E-state index in [1.54, 1.807) is 17.1 Å². The highest BCUT2D eigenvalue weighted by atomic mass is 16.2. The first-order valence-corrected chi connectivity index (χ1v) is 6.82. The maximum absolute atomic E-state index is 12.0. The summed E-state index contributed by atoms with van der Waals surface area (Å²) in [7, 11) is 0. The van der Waals surface area contributed by atoms with E-state index >= 15 is 0 Å². The van der Waals surface area contributed by atoms with Gasteiger partial charge in [-0.1, -0.05) is 30.3 Å². The lowest BCUT2D eigenvalue weighted by atomic mass is 10.1. The van der Waals surface area contributed by atoms with Crippen molar-refractivity contribution in [1.29, 1.82) is 0 Å². The summed E-state index contributed by atoms with van der Waals surface area (Å²) in [5.74, 6) is -0.170. The number of aryl methyl sites for hydroxylation is 2. The van der Waals surface area contributed by atoms with Crippen molar-refractivity contribution in [2.45, 2.75) is 32.4 Å². The fourth-order valence-corrected chi connectivity index (χ4v) is 1.93. The number of benzene rings is 1. The van der Waals surface area contributed by atoms with E-state index in [0.717, 1.165) is 13.0 Å². The summed E-state index contributed by atoms with van der Waals surface area (Å²) >= 11 is 0. The largest absolute Gasteiger partial charge is 0.322 e. The molecule has 2 aromatic rings. The molecule has 20 heavy (non-hydrogen) atoms. The number of hydrogen-bond acceptors (Lipinski definition) is 3. The zero-order chi connectivity index (χ0) is 14.4. The van der Waals surface area contributed by atoms with Gasteiger partial charge >= 0.3 is 0 Å². The van der Waals surface area contributed by atoms with Gasteiger partial charge in [-0.15, -0.1) is 0 Å². The van der Waals surface area contributed by atoms with E-state index in [1.807, 2.05) is 37.3 Å². The molecule has 1 atom stereocenters. The Hall–Kier alpha value is -2.14. The summed E-state index contributed by atoms with van der Waals surface area (Å²) in [4.78, 5) is 12.0. The minimum absolute atomic E-state index is 0.170. The van der Waals surface area contributed by atoms with Gasteiger partial charge in [-0.2, -0.15) is 5.10 Å². The molecule has 1 aromatic heterocycles. The molecular formula is C15H20N4O. The maximum Gasteiger partial charge on any atom is 0.241 e. The average Bonchev–Trinajstić information content (AvgIpc) is 2.93. The Morgan fingerprint density at radius 1 is 1.40 bits per heavy atom. The number of carbonyl (C=O) groups is 1. The predicted octanol–water partition coefficient (Wildman–Crippen LogP) is 1.80. The molecule has 0 aliphatic carbocycles.